The zero-order valence-corrected chi connectivity index (χ0v) is 14.7. The van der Waals surface area contributed by atoms with Crippen molar-refractivity contribution in [1.82, 2.24) is 0 Å². The third-order valence-electron chi connectivity index (χ3n) is 3.68. The van der Waals surface area contributed by atoms with Crippen LogP contribution in [0.15, 0.2) is 43.0 Å². The maximum absolute atomic E-state index is 14.0. The molecular weight excluding hydrogens is 402 g/mol. The van der Waals surface area contributed by atoms with Crippen molar-refractivity contribution >= 4 is 23.4 Å². The van der Waals surface area contributed by atoms with Crippen LogP contribution in [0.5, 0.6) is 0 Å². The van der Waals surface area contributed by atoms with Crippen LogP contribution < -0.4 is 0 Å². The average Bonchev–Trinajstić information content (AvgIpc) is 2.58. The second-order valence-electron chi connectivity index (χ2n) is 5.41. The van der Waals surface area contributed by atoms with Gasteiger partial charge < -0.3 is 4.74 Å². The molecule has 2 unspecified atom stereocenters. The highest BCUT2D eigenvalue weighted by atomic mass is 35.5. The van der Waals surface area contributed by atoms with Gasteiger partial charge in [-0.1, -0.05) is 36.4 Å². The second kappa shape index (κ2) is 8.33. The lowest BCUT2D eigenvalue weighted by molar-refractivity contribution is -0.270. The molecule has 0 saturated heterocycles. The van der Waals surface area contributed by atoms with Gasteiger partial charge in [-0.2, -0.15) is 26.3 Å². The average molecular weight is 417 g/mol. The first kappa shape index (κ1) is 23.0. The molecule has 0 bridgehead atoms. The third kappa shape index (κ3) is 4.45. The van der Waals surface area contributed by atoms with E-state index in [1.807, 2.05) is 0 Å². The number of ketones is 1. The van der Waals surface area contributed by atoms with Crippen molar-refractivity contribution in [2.24, 2.45) is 5.92 Å². The first-order valence-electron chi connectivity index (χ1n) is 7.53. The molecule has 0 aliphatic carbocycles. The molecule has 0 radical (unpaired) electrons. The summed E-state index contributed by atoms with van der Waals surface area (Å²) >= 11 is 4.08. The molecule has 3 nitrogen and oxygen atoms in total. The van der Waals surface area contributed by atoms with Crippen LogP contribution in [0.4, 0.5) is 26.3 Å². The fourth-order valence-corrected chi connectivity index (χ4v) is 2.44. The van der Waals surface area contributed by atoms with Crippen molar-refractivity contribution in [1.29, 1.82) is 0 Å². The minimum atomic E-state index is -6.24. The minimum absolute atomic E-state index is 0.0932. The van der Waals surface area contributed by atoms with Crippen LogP contribution in [0, 0.1) is 5.92 Å². The Hall–Kier alpha value is -2.03. The van der Waals surface area contributed by atoms with Crippen LogP contribution in [0.25, 0.3) is 0 Å². The molecule has 0 aliphatic rings. The predicted molar refractivity (Wildman–Crippen MR) is 85.2 cm³/mol. The van der Waals surface area contributed by atoms with Gasteiger partial charge in [0.2, 0.25) is 5.78 Å². The van der Waals surface area contributed by atoms with E-state index in [9.17, 15) is 35.9 Å². The summed E-state index contributed by atoms with van der Waals surface area (Å²) in [6, 6.07) is 7.02. The summed E-state index contributed by atoms with van der Waals surface area (Å²) < 4.78 is 85.3. The standard InChI is InChI=1S/C17H15ClF6O3/c1-3-11(10-8-6-5-7-9-10)12(14(26)27-4-2)13(25)15(19,20)16(21,22)17(18,23)24/h3,5-9,11-12H,1,4H2,2H3. The summed E-state index contributed by atoms with van der Waals surface area (Å²) in [5, 5.41) is -5.73. The van der Waals surface area contributed by atoms with E-state index < -0.39 is 40.8 Å². The van der Waals surface area contributed by atoms with E-state index in [0.717, 1.165) is 6.08 Å². The number of carbonyl (C=O) groups excluding carboxylic acids is 2. The van der Waals surface area contributed by atoms with E-state index in [1.54, 1.807) is 0 Å². The summed E-state index contributed by atoms with van der Waals surface area (Å²) in [6.07, 6.45) is 0.891. The van der Waals surface area contributed by atoms with Crippen molar-refractivity contribution in [2.45, 2.75) is 30.1 Å². The third-order valence-corrected chi connectivity index (χ3v) is 3.92. The number of carbonyl (C=O) groups is 2. The Labute approximate surface area is 155 Å². The normalized spacial score (nSPS) is 15.0. The molecule has 0 heterocycles. The van der Waals surface area contributed by atoms with E-state index in [1.165, 1.54) is 37.3 Å². The molecular formula is C17H15ClF6O3. The molecule has 10 heteroatoms. The van der Waals surface area contributed by atoms with Crippen molar-refractivity contribution in [2.75, 3.05) is 6.61 Å². The van der Waals surface area contributed by atoms with Gasteiger partial charge in [-0.3, -0.25) is 9.59 Å². The maximum atomic E-state index is 14.0. The first-order chi connectivity index (χ1) is 12.3. The number of allylic oxidation sites excluding steroid dienone is 1. The number of rotatable bonds is 9. The number of ether oxygens (including phenoxy) is 1. The van der Waals surface area contributed by atoms with Crippen molar-refractivity contribution < 1.29 is 40.7 Å². The molecule has 2 atom stereocenters. The van der Waals surface area contributed by atoms with Gasteiger partial charge in [-0.05, 0) is 24.1 Å². The summed E-state index contributed by atoms with van der Waals surface area (Å²) in [4.78, 5) is 24.3. The monoisotopic (exact) mass is 416 g/mol. The van der Waals surface area contributed by atoms with Crippen LogP contribution in [-0.2, 0) is 14.3 Å². The molecule has 1 aromatic carbocycles. The summed E-state index contributed by atoms with van der Waals surface area (Å²) in [7, 11) is 0. The highest BCUT2D eigenvalue weighted by molar-refractivity contribution is 6.23. The molecule has 0 aromatic heterocycles. The number of hydrogen-bond acceptors (Lipinski definition) is 3. The fraction of sp³-hybridized carbons (Fsp3) is 0.412. The quantitative estimate of drug-likeness (QED) is 0.191. The highest BCUT2D eigenvalue weighted by Crippen LogP contribution is 2.50. The molecule has 1 aromatic rings. The van der Waals surface area contributed by atoms with Crippen molar-refractivity contribution in [3.8, 4) is 0 Å². The Morgan fingerprint density at radius 2 is 1.67 bits per heavy atom. The number of esters is 1. The summed E-state index contributed by atoms with van der Waals surface area (Å²) in [5.41, 5.74) is 0.0932. The predicted octanol–water partition coefficient (Wildman–Crippen LogP) is 4.81. The molecule has 1 rings (SSSR count). The Bertz CT molecular complexity index is 688. The highest BCUT2D eigenvalue weighted by Gasteiger charge is 2.75. The molecule has 0 fully saturated rings. The maximum Gasteiger partial charge on any atom is 0.393 e. The summed E-state index contributed by atoms with van der Waals surface area (Å²) in [6.45, 7) is 4.23. The van der Waals surface area contributed by atoms with Gasteiger partial charge in [0.25, 0.3) is 0 Å². The van der Waals surface area contributed by atoms with Gasteiger partial charge in [-0.25, -0.2) is 0 Å². The van der Waals surface area contributed by atoms with Gasteiger partial charge in [0.05, 0.1) is 6.61 Å². The number of hydrogen-bond donors (Lipinski definition) is 0. The van der Waals surface area contributed by atoms with Crippen LogP contribution in [0.2, 0.25) is 0 Å². The smallest absolute Gasteiger partial charge is 0.393 e. The van der Waals surface area contributed by atoms with Crippen LogP contribution in [0.1, 0.15) is 18.4 Å². The van der Waals surface area contributed by atoms with E-state index >= 15 is 0 Å². The van der Waals surface area contributed by atoms with Crippen LogP contribution >= 0.6 is 11.6 Å². The van der Waals surface area contributed by atoms with Crippen molar-refractivity contribution in [3.05, 3.63) is 48.6 Å². The van der Waals surface area contributed by atoms with Gasteiger partial charge in [0, 0.05) is 5.92 Å². The van der Waals surface area contributed by atoms with Gasteiger partial charge in [0.15, 0.2) is 0 Å². The molecule has 0 saturated carbocycles. The SMILES string of the molecule is C=CC(c1ccccc1)C(C(=O)OCC)C(=O)C(F)(F)C(F)(F)C(F)(F)Cl. The van der Waals surface area contributed by atoms with Gasteiger partial charge in [-0.15, -0.1) is 6.58 Å². The molecule has 0 aliphatic heterocycles. The summed E-state index contributed by atoms with van der Waals surface area (Å²) in [5.74, 6) is -20.6. The minimum Gasteiger partial charge on any atom is -0.465 e. The molecule has 0 N–H and O–H groups in total. The molecule has 150 valence electrons. The number of halogens is 7. The Balaban J connectivity index is 3.49. The van der Waals surface area contributed by atoms with Gasteiger partial charge >= 0.3 is 23.2 Å². The topological polar surface area (TPSA) is 43.4 Å². The largest absolute Gasteiger partial charge is 0.465 e. The Morgan fingerprint density at radius 3 is 2.07 bits per heavy atom. The lowest BCUT2D eigenvalue weighted by Crippen LogP contribution is -2.58. The molecule has 0 amide bonds. The van der Waals surface area contributed by atoms with Crippen LogP contribution in [-0.4, -0.2) is 35.6 Å². The number of benzene rings is 1. The van der Waals surface area contributed by atoms with Gasteiger partial charge in [0.1, 0.15) is 5.92 Å². The van der Waals surface area contributed by atoms with E-state index in [0.29, 0.717) is 0 Å². The first-order valence-corrected chi connectivity index (χ1v) is 7.91. The molecule has 27 heavy (non-hydrogen) atoms. The fourth-order valence-electron chi connectivity index (χ4n) is 2.32. The number of Topliss-reactive ketones (excluding diaryl/α,β-unsaturated/α-hetero) is 1. The Kier molecular flexibility index (Phi) is 7.10. The molecule has 0 spiro atoms. The van der Waals surface area contributed by atoms with Crippen molar-refractivity contribution in [3.63, 3.8) is 0 Å². The Morgan fingerprint density at radius 1 is 1.15 bits per heavy atom. The zero-order chi connectivity index (χ0) is 21.0. The number of alkyl halides is 7. The van der Waals surface area contributed by atoms with E-state index in [2.05, 4.69) is 22.9 Å². The lowest BCUT2D eigenvalue weighted by atomic mass is 9.80. The zero-order valence-electron chi connectivity index (χ0n) is 13.9. The second-order valence-corrected chi connectivity index (χ2v) is 5.89. The lowest BCUT2D eigenvalue weighted by Gasteiger charge is -2.32. The van der Waals surface area contributed by atoms with E-state index in [4.69, 9.17) is 0 Å². The van der Waals surface area contributed by atoms with Crippen LogP contribution in [0.3, 0.4) is 0 Å². The van der Waals surface area contributed by atoms with E-state index in [-0.39, 0.29) is 12.2 Å².